The van der Waals surface area contributed by atoms with Crippen LogP contribution in [0.4, 0.5) is 5.13 Å². The molecule has 3 aromatic rings. The number of anilines is 1. The Balaban J connectivity index is 1.71. The Morgan fingerprint density at radius 2 is 2.00 bits per heavy atom. The van der Waals surface area contributed by atoms with Crippen molar-refractivity contribution < 1.29 is 4.79 Å². The van der Waals surface area contributed by atoms with Crippen LogP contribution in [-0.2, 0) is 6.42 Å². The molecule has 0 bridgehead atoms. The highest BCUT2D eigenvalue weighted by atomic mass is 32.1. The van der Waals surface area contributed by atoms with Crippen molar-refractivity contribution in [3.63, 3.8) is 0 Å². The SMILES string of the molecule is CCCc1nnc(NC(=O)c2ccc(-n3nccc3C)cc2)s1. The summed E-state index contributed by atoms with van der Waals surface area (Å²) in [5.74, 6) is -0.187. The zero-order valence-electron chi connectivity index (χ0n) is 13.0. The fourth-order valence-corrected chi connectivity index (χ4v) is 3.02. The van der Waals surface area contributed by atoms with Gasteiger partial charge in [0.25, 0.3) is 5.91 Å². The van der Waals surface area contributed by atoms with Gasteiger partial charge in [-0.25, -0.2) is 4.68 Å². The van der Waals surface area contributed by atoms with Gasteiger partial charge in [0.15, 0.2) is 0 Å². The molecule has 0 saturated heterocycles. The van der Waals surface area contributed by atoms with Gasteiger partial charge in [-0.3, -0.25) is 10.1 Å². The number of aryl methyl sites for hydroxylation is 2. The van der Waals surface area contributed by atoms with E-state index >= 15 is 0 Å². The van der Waals surface area contributed by atoms with Crippen LogP contribution in [0.2, 0.25) is 0 Å². The third-order valence-corrected chi connectivity index (χ3v) is 4.26. The molecule has 0 spiro atoms. The summed E-state index contributed by atoms with van der Waals surface area (Å²) in [5.41, 5.74) is 2.54. The van der Waals surface area contributed by atoms with Crippen LogP contribution >= 0.6 is 11.3 Å². The molecule has 118 valence electrons. The quantitative estimate of drug-likeness (QED) is 0.781. The molecular weight excluding hydrogens is 310 g/mol. The molecule has 0 saturated carbocycles. The van der Waals surface area contributed by atoms with Crippen LogP contribution in [0, 0.1) is 6.92 Å². The number of carbonyl (C=O) groups excluding carboxylic acids is 1. The van der Waals surface area contributed by atoms with E-state index in [4.69, 9.17) is 0 Å². The molecule has 0 aliphatic heterocycles. The molecule has 0 fully saturated rings. The first-order valence-electron chi connectivity index (χ1n) is 7.42. The third-order valence-electron chi connectivity index (χ3n) is 3.36. The van der Waals surface area contributed by atoms with E-state index in [-0.39, 0.29) is 5.91 Å². The summed E-state index contributed by atoms with van der Waals surface area (Å²) in [6, 6.07) is 9.23. The van der Waals surface area contributed by atoms with Crippen LogP contribution in [-0.4, -0.2) is 25.9 Å². The maximum atomic E-state index is 12.3. The molecule has 0 aliphatic rings. The summed E-state index contributed by atoms with van der Waals surface area (Å²) >= 11 is 1.42. The Hall–Kier alpha value is -2.54. The van der Waals surface area contributed by atoms with Gasteiger partial charge in [0.1, 0.15) is 5.01 Å². The van der Waals surface area contributed by atoms with Crippen molar-refractivity contribution in [1.82, 2.24) is 20.0 Å². The molecule has 2 aromatic heterocycles. The fraction of sp³-hybridized carbons (Fsp3) is 0.250. The minimum atomic E-state index is -0.187. The van der Waals surface area contributed by atoms with E-state index in [1.807, 2.05) is 29.8 Å². The number of hydrogen-bond donors (Lipinski definition) is 1. The van der Waals surface area contributed by atoms with Crippen molar-refractivity contribution in [3.05, 3.63) is 52.8 Å². The second-order valence-corrected chi connectivity index (χ2v) is 6.20. The number of amides is 1. The van der Waals surface area contributed by atoms with E-state index in [0.29, 0.717) is 10.7 Å². The number of hydrogen-bond acceptors (Lipinski definition) is 5. The van der Waals surface area contributed by atoms with Gasteiger partial charge >= 0.3 is 0 Å². The highest BCUT2D eigenvalue weighted by Crippen LogP contribution is 2.18. The molecule has 3 rings (SSSR count). The Morgan fingerprint density at radius 1 is 1.22 bits per heavy atom. The lowest BCUT2D eigenvalue weighted by Crippen LogP contribution is -2.11. The molecule has 0 unspecified atom stereocenters. The van der Waals surface area contributed by atoms with E-state index in [1.165, 1.54) is 11.3 Å². The van der Waals surface area contributed by atoms with Crippen LogP contribution in [0.5, 0.6) is 0 Å². The van der Waals surface area contributed by atoms with E-state index in [0.717, 1.165) is 29.2 Å². The summed E-state index contributed by atoms with van der Waals surface area (Å²) in [5, 5.41) is 16.5. The first kappa shape index (κ1) is 15.4. The Kier molecular flexibility index (Phi) is 4.47. The van der Waals surface area contributed by atoms with Crippen LogP contribution in [0.25, 0.3) is 5.69 Å². The van der Waals surface area contributed by atoms with Gasteiger partial charge in [-0.2, -0.15) is 5.10 Å². The van der Waals surface area contributed by atoms with Gasteiger partial charge in [0, 0.05) is 23.9 Å². The summed E-state index contributed by atoms with van der Waals surface area (Å²) in [6.07, 6.45) is 3.64. The van der Waals surface area contributed by atoms with Gasteiger partial charge < -0.3 is 0 Å². The van der Waals surface area contributed by atoms with Gasteiger partial charge in [-0.1, -0.05) is 18.3 Å². The van der Waals surface area contributed by atoms with Gasteiger partial charge in [0.05, 0.1) is 5.69 Å². The van der Waals surface area contributed by atoms with Gasteiger partial charge in [-0.05, 0) is 43.7 Å². The maximum Gasteiger partial charge on any atom is 0.257 e. The average Bonchev–Trinajstić information content (AvgIpc) is 3.17. The molecule has 2 heterocycles. The van der Waals surface area contributed by atoms with E-state index in [1.54, 1.807) is 18.3 Å². The monoisotopic (exact) mass is 327 g/mol. The van der Waals surface area contributed by atoms with Crippen molar-refractivity contribution in [2.75, 3.05) is 5.32 Å². The smallest absolute Gasteiger partial charge is 0.257 e. The van der Waals surface area contributed by atoms with Crippen molar-refractivity contribution in [1.29, 1.82) is 0 Å². The maximum absolute atomic E-state index is 12.3. The fourth-order valence-electron chi connectivity index (χ4n) is 2.18. The topological polar surface area (TPSA) is 72.7 Å². The minimum absolute atomic E-state index is 0.187. The van der Waals surface area contributed by atoms with E-state index < -0.39 is 0 Å². The number of rotatable bonds is 5. The molecule has 1 aromatic carbocycles. The van der Waals surface area contributed by atoms with Crippen LogP contribution < -0.4 is 5.32 Å². The first-order valence-corrected chi connectivity index (χ1v) is 8.24. The van der Waals surface area contributed by atoms with Gasteiger partial charge in [0.2, 0.25) is 5.13 Å². The zero-order valence-corrected chi connectivity index (χ0v) is 13.8. The number of benzene rings is 1. The number of nitrogens with one attached hydrogen (secondary N) is 1. The van der Waals surface area contributed by atoms with Crippen LogP contribution in [0.15, 0.2) is 36.5 Å². The second-order valence-electron chi connectivity index (χ2n) is 5.14. The summed E-state index contributed by atoms with van der Waals surface area (Å²) in [6.45, 7) is 4.07. The standard InChI is InChI=1S/C16H17N5OS/c1-3-4-14-19-20-16(23-14)18-15(22)12-5-7-13(8-6-12)21-11(2)9-10-17-21/h5-10H,3-4H2,1-2H3,(H,18,20,22). The molecule has 7 heteroatoms. The molecule has 0 aliphatic carbocycles. The lowest BCUT2D eigenvalue weighted by atomic mass is 10.2. The highest BCUT2D eigenvalue weighted by molar-refractivity contribution is 7.15. The van der Waals surface area contributed by atoms with Crippen LogP contribution in [0.1, 0.15) is 34.4 Å². The predicted molar refractivity (Wildman–Crippen MR) is 90.2 cm³/mol. The Bertz CT molecular complexity index is 806. The lowest BCUT2D eigenvalue weighted by Gasteiger charge is -2.06. The van der Waals surface area contributed by atoms with E-state index in [9.17, 15) is 4.79 Å². The number of carbonyl (C=O) groups is 1. The molecule has 23 heavy (non-hydrogen) atoms. The molecule has 1 amide bonds. The van der Waals surface area contributed by atoms with Crippen molar-refractivity contribution in [3.8, 4) is 5.69 Å². The minimum Gasteiger partial charge on any atom is -0.296 e. The highest BCUT2D eigenvalue weighted by Gasteiger charge is 2.10. The molecule has 6 nitrogen and oxygen atoms in total. The zero-order chi connectivity index (χ0) is 16.2. The molecule has 0 atom stereocenters. The third kappa shape index (κ3) is 3.45. The summed E-state index contributed by atoms with van der Waals surface area (Å²) in [7, 11) is 0. The largest absolute Gasteiger partial charge is 0.296 e. The molecule has 0 radical (unpaired) electrons. The lowest BCUT2D eigenvalue weighted by molar-refractivity contribution is 0.102. The second kappa shape index (κ2) is 6.70. The first-order chi connectivity index (χ1) is 11.2. The average molecular weight is 327 g/mol. The van der Waals surface area contributed by atoms with Gasteiger partial charge in [-0.15, -0.1) is 10.2 Å². The molecule has 1 N–H and O–H groups in total. The van der Waals surface area contributed by atoms with Crippen molar-refractivity contribution >= 4 is 22.4 Å². The number of nitrogens with zero attached hydrogens (tertiary/aromatic N) is 4. The normalized spacial score (nSPS) is 10.7. The summed E-state index contributed by atoms with van der Waals surface area (Å²) < 4.78 is 1.82. The Labute approximate surface area is 138 Å². The summed E-state index contributed by atoms with van der Waals surface area (Å²) in [4.78, 5) is 12.3. The Morgan fingerprint density at radius 3 is 2.65 bits per heavy atom. The number of aromatic nitrogens is 4. The van der Waals surface area contributed by atoms with E-state index in [2.05, 4.69) is 27.5 Å². The van der Waals surface area contributed by atoms with Crippen molar-refractivity contribution in [2.45, 2.75) is 26.7 Å². The van der Waals surface area contributed by atoms with Crippen LogP contribution in [0.3, 0.4) is 0 Å². The van der Waals surface area contributed by atoms with Crippen molar-refractivity contribution in [2.24, 2.45) is 0 Å². The molecular formula is C16H17N5OS. The predicted octanol–water partition coefficient (Wildman–Crippen LogP) is 3.24.